The molecular formula is C2H7KO2. The molecule has 0 rings (SSSR count). The molecule has 0 atom stereocenters. The molecule has 0 aliphatic rings. The first kappa shape index (κ1) is 9.75. The number of rotatable bonds is 1. The van der Waals surface area contributed by atoms with Crippen LogP contribution in [0.1, 0.15) is 1.43 Å². The Morgan fingerprint density at radius 1 is 1.20 bits per heavy atom. The molecule has 0 fully saturated rings. The fourth-order valence-electron chi connectivity index (χ4n) is 0. The van der Waals surface area contributed by atoms with Gasteiger partial charge in [0.05, 0.1) is 14.2 Å². The molecule has 28 valence electrons. The molecule has 0 aromatic heterocycles. The van der Waals surface area contributed by atoms with Crippen LogP contribution in [-0.4, -0.2) is 14.2 Å². The van der Waals surface area contributed by atoms with E-state index in [1.807, 2.05) is 0 Å². The average Bonchev–Trinajstić information content (AvgIpc) is 1.37. The number of hydrogen-bond acceptors (Lipinski definition) is 2. The Kier molecular flexibility index (Phi) is 17.8. The van der Waals surface area contributed by atoms with Gasteiger partial charge < -0.3 is 1.43 Å². The van der Waals surface area contributed by atoms with Gasteiger partial charge in [-0.2, -0.15) is 0 Å². The summed E-state index contributed by atoms with van der Waals surface area (Å²) in [5.41, 5.74) is 0. The fourth-order valence-corrected chi connectivity index (χ4v) is 0. The second-order valence-corrected chi connectivity index (χ2v) is 0.333. The third kappa shape index (κ3) is 10.8. The first-order valence-corrected chi connectivity index (χ1v) is 0.983. The van der Waals surface area contributed by atoms with Crippen molar-refractivity contribution in [3.8, 4) is 0 Å². The van der Waals surface area contributed by atoms with Crippen molar-refractivity contribution in [2.75, 3.05) is 14.2 Å². The zero-order chi connectivity index (χ0) is 3.41. The molecule has 5 heavy (non-hydrogen) atoms. The quantitative estimate of drug-likeness (QED) is 0.204. The monoisotopic (exact) mass is 102 g/mol. The predicted molar refractivity (Wildman–Crippen MR) is 15.1 cm³/mol. The third-order valence-corrected chi connectivity index (χ3v) is 0.167. The van der Waals surface area contributed by atoms with Crippen LogP contribution in [-0.2, 0) is 9.78 Å². The van der Waals surface area contributed by atoms with Crippen LogP contribution in [0, 0.1) is 0 Å². The molecule has 0 radical (unpaired) electrons. The van der Waals surface area contributed by atoms with Gasteiger partial charge in [0.25, 0.3) is 0 Å². The standard InChI is InChI=1S/C2H6O2.K.H/c1-3-4-2;;/h1-2H3;;/q;+1;-1. The van der Waals surface area contributed by atoms with Gasteiger partial charge in [-0.15, -0.1) is 0 Å². The van der Waals surface area contributed by atoms with Crippen molar-refractivity contribution in [2.24, 2.45) is 0 Å². The van der Waals surface area contributed by atoms with Gasteiger partial charge in [-0.25, -0.2) is 9.78 Å². The maximum Gasteiger partial charge on any atom is 1.00 e. The van der Waals surface area contributed by atoms with Gasteiger partial charge in [-0.05, 0) is 0 Å². The van der Waals surface area contributed by atoms with E-state index in [1.54, 1.807) is 0 Å². The molecular weight excluding hydrogens is 95.1 g/mol. The molecule has 0 bridgehead atoms. The fraction of sp³-hybridized carbons (Fsp3) is 1.00. The molecule has 3 heteroatoms. The van der Waals surface area contributed by atoms with Gasteiger partial charge >= 0.3 is 51.4 Å². The smallest absolute Gasteiger partial charge is 1.00 e. The summed E-state index contributed by atoms with van der Waals surface area (Å²) in [5.74, 6) is 0. The van der Waals surface area contributed by atoms with Gasteiger partial charge in [0, 0.05) is 0 Å². The van der Waals surface area contributed by atoms with Crippen LogP contribution >= 0.6 is 0 Å². The van der Waals surface area contributed by atoms with E-state index in [-0.39, 0.29) is 52.8 Å². The largest absolute Gasteiger partial charge is 1.00 e. The molecule has 0 unspecified atom stereocenters. The summed E-state index contributed by atoms with van der Waals surface area (Å²) >= 11 is 0. The van der Waals surface area contributed by atoms with Crippen molar-refractivity contribution >= 4 is 0 Å². The first-order chi connectivity index (χ1) is 1.91. The second kappa shape index (κ2) is 9.12. The van der Waals surface area contributed by atoms with Crippen LogP contribution in [0.2, 0.25) is 0 Å². The summed E-state index contributed by atoms with van der Waals surface area (Å²) in [4.78, 5) is 8.08. The second-order valence-electron chi connectivity index (χ2n) is 0.333. The average molecular weight is 102 g/mol. The molecule has 0 aromatic rings. The maximum absolute atomic E-state index is 4.04. The van der Waals surface area contributed by atoms with Crippen LogP contribution in [0.25, 0.3) is 0 Å². The minimum atomic E-state index is 0. The molecule has 0 saturated carbocycles. The normalized spacial score (nSPS) is 6.00. The molecule has 0 N–H and O–H groups in total. The molecule has 0 aliphatic carbocycles. The molecule has 0 amide bonds. The van der Waals surface area contributed by atoms with E-state index in [2.05, 4.69) is 9.78 Å². The topological polar surface area (TPSA) is 18.5 Å². The van der Waals surface area contributed by atoms with Crippen molar-refractivity contribution in [3.63, 3.8) is 0 Å². The Morgan fingerprint density at radius 3 is 1.40 bits per heavy atom. The Morgan fingerprint density at radius 2 is 1.40 bits per heavy atom. The molecule has 0 aromatic carbocycles. The predicted octanol–water partition coefficient (Wildman–Crippen LogP) is -2.69. The van der Waals surface area contributed by atoms with Crippen molar-refractivity contribution in [3.05, 3.63) is 0 Å². The van der Waals surface area contributed by atoms with Crippen molar-refractivity contribution in [1.29, 1.82) is 0 Å². The Hall–Kier alpha value is 1.56. The van der Waals surface area contributed by atoms with Gasteiger partial charge in [0.1, 0.15) is 0 Å². The Balaban J connectivity index is -0.0000000450. The zero-order valence-corrected chi connectivity index (χ0v) is 6.94. The van der Waals surface area contributed by atoms with Crippen molar-refractivity contribution in [1.82, 2.24) is 0 Å². The summed E-state index contributed by atoms with van der Waals surface area (Å²) in [6.07, 6.45) is 0. The summed E-state index contributed by atoms with van der Waals surface area (Å²) < 4.78 is 0. The van der Waals surface area contributed by atoms with Crippen LogP contribution in [0.5, 0.6) is 0 Å². The first-order valence-electron chi connectivity index (χ1n) is 0.983. The van der Waals surface area contributed by atoms with Crippen LogP contribution in [0.15, 0.2) is 0 Å². The van der Waals surface area contributed by atoms with Crippen molar-refractivity contribution < 1.29 is 62.6 Å². The Labute approximate surface area is 75.7 Å². The van der Waals surface area contributed by atoms with E-state index in [0.29, 0.717) is 0 Å². The van der Waals surface area contributed by atoms with E-state index in [0.717, 1.165) is 0 Å². The Bertz CT molecular complexity index is 13.5. The molecule has 0 saturated heterocycles. The van der Waals surface area contributed by atoms with E-state index in [4.69, 9.17) is 0 Å². The van der Waals surface area contributed by atoms with Gasteiger partial charge in [0.15, 0.2) is 0 Å². The molecule has 0 spiro atoms. The summed E-state index contributed by atoms with van der Waals surface area (Å²) in [6.45, 7) is 0. The van der Waals surface area contributed by atoms with E-state index >= 15 is 0 Å². The van der Waals surface area contributed by atoms with Crippen molar-refractivity contribution in [2.45, 2.75) is 0 Å². The minimum absolute atomic E-state index is 0. The van der Waals surface area contributed by atoms with Gasteiger partial charge in [0.2, 0.25) is 0 Å². The SMILES string of the molecule is COOC.[H-].[K+]. The molecule has 2 nitrogen and oxygen atoms in total. The zero-order valence-electron chi connectivity index (χ0n) is 4.82. The summed E-state index contributed by atoms with van der Waals surface area (Å²) in [6, 6.07) is 0. The maximum atomic E-state index is 4.04. The van der Waals surface area contributed by atoms with E-state index < -0.39 is 0 Å². The molecule has 0 heterocycles. The van der Waals surface area contributed by atoms with E-state index in [1.165, 1.54) is 14.2 Å². The van der Waals surface area contributed by atoms with Crippen LogP contribution < -0.4 is 51.4 Å². The van der Waals surface area contributed by atoms with Crippen LogP contribution in [0.3, 0.4) is 0 Å². The molecule has 0 aliphatic heterocycles. The third-order valence-electron chi connectivity index (χ3n) is 0.167. The summed E-state index contributed by atoms with van der Waals surface area (Å²) in [5, 5.41) is 0. The van der Waals surface area contributed by atoms with Crippen LogP contribution in [0.4, 0.5) is 0 Å². The summed E-state index contributed by atoms with van der Waals surface area (Å²) in [7, 11) is 2.92. The number of hydrogen-bond donors (Lipinski definition) is 0. The minimum Gasteiger partial charge on any atom is -1.00 e. The van der Waals surface area contributed by atoms with Gasteiger partial charge in [-0.3, -0.25) is 0 Å². The van der Waals surface area contributed by atoms with Gasteiger partial charge in [-0.1, -0.05) is 0 Å². The van der Waals surface area contributed by atoms with E-state index in [9.17, 15) is 0 Å².